The zero-order valence-corrected chi connectivity index (χ0v) is 28.8. The molecule has 0 aromatic carbocycles. The zero-order valence-electron chi connectivity index (χ0n) is 28.8. The number of allylic oxidation sites excluding steroid dienone is 15. The molecule has 45 heavy (non-hydrogen) atoms. The van der Waals surface area contributed by atoms with E-state index in [4.69, 9.17) is 5.73 Å². The number of unbranched alkanes of at least 4 members (excludes halogenated alkanes) is 2. The number of aliphatic hydroxyl groups is 2. The van der Waals surface area contributed by atoms with Crippen molar-refractivity contribution < 1.29 is 19.8 Å². The summed E-state index contributed by atoms with van der Waals surface area (Å²) >= 11 is 0. The number of amides is 1. The first-order valence-electron chi connectivity index (χ1n) is 16.4. The highest BCUT2D eigenvalue weighted by atomic mass is 16.3. The summed E-state index contributed by atoms with van der Waals surface area (Å²) in [6.07, 6.45) is 34.1. The van der Waals surface area contributed by atoms with Gasteiger partial charge in [-0.1, -0.05) is 113 Å². The summed E-state index contributed by atoms with van der Waals surface area (Å²) < 4.78 is 0. The first-order chi connectivity index (χ1) is 21.4. The smallest absolute Gasteiger partial charge is 0.251 e. The number of nitrogens with two attached hydrogens (primary N) is 1. The van der Waals surface area contributed by atoms with Crippen molar-refractivity contribution in [2.75, 3.05) is 6.54 Å². The van der Waals surface area contributed by atoms with Gasteiger partial charge in [-0.2, -0.15) is 0 Å². The van der Waals surface area contributed by atoms with Crippen molar-refractivity contribution in [3.63, 3.8) is 0 Å². The molecule has 0 aliphatic carbocycles. The van der Waals surface area contributed by atoms with E-state index >= 15 is 0 Å². The Labute approximate surface area is 273 Å². The summed E-state index contributed by atoms with van der Waals surface area (Å²) in [6.45, 7) is 13.9. The maximum atomic E-state index is 12.3. The maximum Gasteiger partial charge on any atom is 0.251 e. The van der Waals surface area contributed by atoms with Crippen molar-refractivity contribution >= 4 is 11.7 Å². The van der Waals surface area contributed by atoms with E-state index in [-0.39, 0.29) is 23.8 Å². The average molecular weight is 621 g/mol. The summed E-state index contributed by atoms with van der Waals surface area (Å²) in [5.74, 6) is -0.00619. The van der Waals surface area contributed by atoms with E-state index in [1.54, 1.807) is 32.1 Å². The van der Waals surface area contributed by atoms with E-state index in [0.29, 0.717) is 17.4 Å². The number of carbonyl (C=O) groups is 2. The van der Waals surface area contributed by atoms with E-state index in [1.807, 2.05) is 50.3 Å². The van der Waals surface area contributed by atoms with Gasteiger partial charge >= 0.3 is 0 Å². The second-order valence-electron chi connectivity index (χ2n) is 11.7. The Morgan fingerprint density at radius 3 is 2.07 bits per heavy atom. The van der Waals surface area contributed by atoms with E-state index in [1.165, 1.54) is 6.92 Å². The fourth-order valence-electron chi connectivity index (χ4n) is 4.37. The van der Waals surface area contributed by atoms with Crippen LogP contribution in [0.15, 0.2) is 108 Å². The molecule has 4 atom stereocenters. The molecule has 0 fully saturated rings. The first kappa shape index (κ1) is 41.5. The van der Waals surface area contributed by atoms with Gasteiger partial charge in [-0.05, 0) is 76.3 Å². The molecule has 6 heteroatoms. The molecule has 1 amide bonds. The number of nitrogens with one attached hydrogen (secondary N) is 1. The quantitative estimate of drug-likeness (QED) is 0.0318. The standard InChI is InChI=1S/C39H60N2O4/c1-8-36(43)37(35(7)42)41-39(45)33(5)27-21-13-11-9-10-12-20-26-32(4)38(44)34(6)29-31(3)25-19-16-18-24-30(2)23-17-14-15-22-28-40/h9-14,17-18,20-21,24,26-27,29-32,38,43-44H,8,15-16,19,22-23,25,28,40H2,1-7H3,(H,41,45)/b11-9+,12-10+,17-14+,21-13+,24-18+,26-20+,33-27+,34-29+,37-36-. The van der Waals surface area contributed by atoms with Crippen LogP contribution in [0.3, 0.4) is 0 Å². The predicted molar refractivity (Wildman–Crippen MR) is 191 cm³/mol. The average Bonchev–Trinajstić information content (AvgIpc) is 3.01. The van der Waals surface area contributed by atoms with Crippen LogP contribution < -0.4 is 11.1 Å². The van der Waals surface area contributed by atoms with E-state index < -0.39 is 17.8 Å². The summed E-state index contributed by atoms with van der Waals surface area (Å²) in [4.78, 5) is 23.9. The molecule has 0 bridgehead atoms. The third-order valence-corrected chi connectivity index (χ3v) is 7.26. The minimum atomic E-state index is -0.519. The molecule has 0 spiro atoms. The van der Waals surface area contributed by atoms with Gasteiger partial charge in [0.05, 0.1) is 6.10 Å². The van der Waals surface area contributed by atoms with Crippen molar-refractivity contribution in [1.82, 2.24) is 5.32 Å². The third-order valence-electron chi connectivity index (χ3n) is 7.26. The van der Waals surface area contributed by atoms with Crippen LogP contribution in [0.1, 0.15) is 93.4 Å². The second-order valence-corrected chi connectivity index (χ2v) is 11.7. The minimum absolute atomic E-state index is 0.00684. The van der Waals surface area contributed by atoms with Crippen LogP contribution in [0.2, 0.25) is 0 Å². The third kappa shape index (κ3) is 21.0. The van der Waals surface area contributed by atoms with Gasteiger partial charge in [0.2, 0.25) is 0 Å². The SMILES string of the molecule is CC/C(O)=C(/NC(=O)/C(C)=C/C=C/C=C/C=C/C=C/C(C)C(O)/C(C)=C/C(C)CCC/C=C/C(C)C/C=C/CCCN)C(C)=O. The summed E-state index contributed by atoms with van der Waals surface area (Å²) in [5.41, 5.74) is 6.87. The Balaban J connectivity index is 4.58. The Bertz CT molecular complexity index is 1150. The van der Waals surface area contributed by atoms with Gasteiger partial charge in [0.15, 0.2) is 5.78 Å². The van der Waals surface area contributed by atoms with Gasteiger partial charge in [0.1, 0.15) is 11.5 Å². The van der Waals surface area contributed by atoms with Gasteiger partial charge in [-0.3, -0.25) is 9.59 Å². The van der Waals surface area contributed by atoms with Crippen molar-refractivity contribution in [3.05, 3.63) is 108 Å². The van der Waals surface area contributed by atoms with Gasteiger partial charge in [-0.25, -0.2) is 0 Å². The molecule has 0 rings (SSSR count). The van der Waals surface area contributed by atoms with Crippen LogP contribution in [0, 0.1) is 17.8 Å². The van der Waals surface area contributed by atoms with Crippen LogP contribution in [-0.2, 0) is 9.59 Å². The Morgan fingerprint density at radius 1 is 0.822 bits per heavy atom. The highest BCUT2D eigenvalue weighted by Crippen LogP contribution is 2.19. The van der Waals surface area contributed by atoms with Gasteiger partial charge in [-0.15, -0.1) is 0 Å². The topological polar surface area (TPSA) is 113 Å². The second kappa shape index (κ2) is 25.8. The molecule has 4 unspecified atom stereocenters. The van der Waals surface area contributed by atoms with Crippen molar-refractivity contribution in [1.29, 1.82) is 0 Å². The van der Waals surface area contributed by atoms with Gasteiger partial charge in [0.25, 0.3) is 5.91 Å². The van der Waals surface area contributed by atoms with Crippen LogP contribution in [0.5, 0.6) is 0 Å². The Hall–Kier alpha value is -3.48. The van der Waals surface area contributed by atoms with Crippen LogP contribution >= 0.6 is 0 Å². The number of ketones is 1. The molecule has 6 nitrogen and oxygen atoms in total. The highest BCUT2D eigenvalue weighted by Gasteiger charge is 2.15. The summed E-state index contributed by atoms with van der Waals surface area (Å²) in [6, 6.07) is 0. The summed E-state index contributed by atoms with van der Waals surface area (Å²) in [5, 5.41) is 23.1. The molecule has 0 aliphatic rings. The number of rotatable bonds is 22. The molecule has 0 aromatic rings. The van der Waals surface area contributed by atoms with Gasteiger partial charge < -0.3 is 21.3 Å². The van der Waals surface area contributed by atoms with Crippen LogP contribution in [0.4, 0.5) is 0 Å². The lowest BCUT2D eigenvalue weighted by Gasteiger charge is -2.18. The molecule has 250 valence electrons. The molecule has 5 N–H and O–H groups in total. The number of hydrogen-bond acceptors (Lipinski definition) is 5. The number of carbonyl (C=O) groups excluding carboxylic acids is 2. The van der Waals surface area contributed by atoms with E-state index in [0.717, 1.165) is 50.6 Å². The molecular weight excluding hydrogens is 560 g/mol. The summed E-state index contributed by atoms with van der Waals surface area (Å²) in [7, 11) is 0. The highest BCUT2D eigenvalue weighted by molar-refractivity contribution is 6.02. The lowest BCUT2D eigenvalue weighted by molar-refractivity contribution is -0.120. The number of aliphatic hydroxyl groups excluding tert-OH is 2. The van der Waals surface area contributed by atoms with Gasteiger partial charge in [0, 0.05) is 24.8 Å². The molecule has 0 heterocycles. The number of Topliss-reactive ketones (excluding diaryl/α,β-unsaturated/α-hetero) is 1. The van der Waals surface area contributed by atoms with Crippen molar-refractivity contribution in [3.8, 4) is 0 Å². The molecule has 0 aromatic heterocycles. The zero-order chi connectivity index (χ0) is 34.0. The molecule has 0 saturated carbocycles. The van der Waals surface area contributed by atoms with E-state index in [9.17, 15) is 19.8 Å². The fourth-order valence-corrected chi connectivity index (χ4v) is 4.37. The van der Waals surface area contributed by atoms with Crippen molar-refractivity contribution in [2.24, 2.45) is 23.5 Å². The lowest BCUT2D eigenvalue weighted by Crippen LogP contribution is -2.28. The van der Waals surface area contributed by atoms with Crippen LogP contribution in [-0.4, -0.2) is 34.6 Å². The first-order valence-corrected chi connectivity index (χ1v) is 16.4. The Morgan fingerprint density at radius 2 is 1.44 bits per heavy atom. The predicted octanol–water partition coefficient (Wildman–Crippen LogP) is 8.67. The largest absolute Gasteiger partial charge is 0.510 e. The molecule has 0 radical (unpaired) electrons. The van der Waals surface area contributed by atoms with Crippen molar-refractivity contribution in [2.45, 2.75) is 99.5 Å². The molecule has 0 aliphatic heterocycles. The lowest BCUT2D eigenvalue weighted by atomic mass is 9.93. The number of hydrogen-bond donors (Lipinski definition) is 4. The van der Waals surface area contributed by atoms with Crippen LogP contribution in [0.25, 0.3) is 0 Å². The molecule has 0 saturated heterocycles. The Kier molecular flexibility index (Phi) is 23.8. The maximum absolute atomic E-state index is 12.3. The monoisotopic (exact) mass is 620 g/mol. The van der Waals surface area contributed by atoms with E-state index in [2.05, 4.69) is 49.5 Å². The fraction of sp³-hybridized carbons (Fsp3) is 0.487. The minimum Gasteiger partial charge on any atom is -0.510 e. The normalized spacial score (nSPS) is 16.8. The molecular formula is C39H60N2O4.